The Morgan fingerprint density at radius 2 is 2.07 bits per heavy atom. The van der Waals surface area contributed by atoms with Crippen molar-refractivity contribution in [2.45, 2.75) is 19.8 Å². The summed E-state index contributed by atoms with van der Waals surface area (Å²) in [5.74, 6) is 6.68. The van der Waals surface area contributed by atoms with Crippen molar-refractivity contribution >= 4 is 5.84 Å². The molecule has 4 N–H and O–H groups in total. The molecule has 0 aromatic heterocycles. The van der Waals surface area contributed by atoms with E-state index in [0.717, 1.165) is 16.9 Å². The van der Waals surface area contributed by atoms with Crippen LogP contribution >= 0.6 is 0 Å². The number of hydrogen-bond acceptors (Lipinski definition) is 3. The minimum Gasteiger partial charge on any atom is -0.497 e. The van der Waals surface area contributed by atoms with E-state index in [1.165, 1.54) is 0 Å². The van der Waals surface area contributed by atoms with E-state index < -0.39 is 0 Å². The topological polar surface area (TPSA) is 73.6 Å². The predicted octanol–water partition coefficient (Wildman–Crippen LogP) is 1.40. The molecule has 0 spiro atoms. The second-order valence-corrected chi connectivity index (χ2v) is 3.62. The van der Waals surface area contributed by atoms with E-state index in [1.54, 1.807) is 7.11 Å². The molecule has 15 heavy (non-hydrogen) atoms. The first kappa shape index (κ1) is 11.4. The third-order valence-corrected chi connectivity index (χ3v) is 2.30. The summed E-state index contributed by atoms with van der Waals surface area (Å²) in [5.41, 5.74) is 7.66. The third kappa shape index (κ3) is 2.40. The first-order valence-corrected chi connectivity index (χ1v) is 4.81. The van der Waals surface area contributed by atoms with E-state index in [1.807, 2.05) is 18.2 Å². The van der Waals surface area contributed by atoms with Crippen molar-refractivity contribution in [1.29, 1.82) is 0 Å². The highest BCUT2D eigenvalue weighted by Gasteiger charge is 2.10. The van der Waals surface area contributed by atoms with Gasteiger partial charge in [0.2, 0.25) is 0 Å². The van der Waals surface area contributed by atoms with Crippen LogP contribution in [0.1, 0.15) is 30.9 Å². The molecule has 0 amide bonds. The molecule has 1 aromatic rings. The largest absolute Gasteiger partial charge is 0.497 e. The van der Waals surface area contributed by atoms with Crippen LogP contribution < -0.4 is 16.3 Å². The number of hydrogen-bond donors (Lipinski definition) is 2. The van der Waals surface area contributed by atoms with Crippen LogP contribution in [0.15, 0.2) is 23.3 Å². The molecule has 0 radical (unpaired) electrons. The lowest BCUT2D eigenvalue weighted by molar-refractivity contribution is 0.414. The molecule has 1 aromatic carbocycles. The lowest BCUT2D eigenvalue weighted by Crippen LogP contribution is -2.18. The van der Waals surface area contributed by atoms with Crippen LogP contribution in [0, 0.1) is 0 Å². The van der Waals surface area contributed by atoms with Crippen molar-refractivity contribution in [3.05, 3.63) is 29.3 Å². The minimum absolute atomic E-state index is 0.343. The predicted molar refractivity (Wildman–Crippen MR) is 62.0 cm³/mol. The van der Waals surface area contributed by atoms with Gasteiger partial charge < -0.3 is 16.3 Å². The Labute approximate surface area is 89.9 Å². The summed E-state index contributed by atoms with van der Waals surface area (Å²) in [4.78, 5) is 0. The molecular weight excluding hydrogens is 190 g/mol. The number of nitrogens with zero attached hydrogens (tertiary/aromatic N) is 1. The van der Waals surface area contributed by atoms with E-state index in [0.29, 0.717) is 11.8 Å². The summed E-state index contributed by atoms with van der Waals surface area (Å²) in [6, 6.07) is 5.68. The highest BCUT2D eigenvalue weighted by Crippen LogP contribution is 2.24. The smallest absolute Gasteiger partial charge is 0.150 e. The monoisotopic (exact) mass is 207 g/mol. The molecular formula is C11H17N3O. The highest BCUT2D eigenvalue weighted by atomic mass is 16.5. The van der Waals surface area contributed by atoms with Gasteiger partial charge >= 0.3 is 0 Å². The number of nitrogens with two attached hydrogens (primary N) is 2. The number of benzene rings is 1. The Kier molecular flexibility index (Phi) is 3.55. The zero-order chi connectivity index (χ0) is 11.4. The summed E-state index contributed by atoms with van der Waals surface area (Å²) >= 11 is 0. The van der Waals surface area contributed by atoms with Gasteiger partial charge in [0.05, 0.1) is 7.11 Å². The second-order valence-electron chi connectivity index (χ2n) is 3.62. The van der Waals surface area contributed by atoms with Gasteiger partial charge in [-0.3, -0.25) is 0 Å². The quantitative estimate of drug-likeness (QED) is 0.340. The van der Waals surface area contributed by atoms with Crippen molar-refractivity contribution in [3.63, 3.8) is 0 Å². The highest BCUT2D eigenvalue weighted by molar-refractivity contribution is 5.98. The molecule has 0 fully saturated rings. The molecule has 4 heteroatoms. The van der Waals surface area contributed by atoms with Crippen LogP contribution in [0.2, 0.25) is 0 Å². The fraction of sp³-hybridized carbons (Fsp3) is 0.364. The van der Waals surface area contributed by atoms with E-state index in [2.05, 4.69) is 18.9 Å². The van der Waals surface area contributed by atoms with Gasteiger partial charge in [0.25, 0.3) is 0 Å². The summed E-state index contributed by atoms with van der Waals surface area (Å²) in [5, 5.41) is 3.51. The molecule has 0 saturated heterocycles. The maximum Gasteiger partial charge on any atom is 0.150 e. The van der Waals surface area contributed by atoms with Crippen molar-refractivity contribution < 1.29 is 4.74 Å². The third-order valence-electron chi connectivity index (χ3n) is 2.30. The fourth-order valence-electron chi connectivity index (χ4n) is 1.45. The SMILES string of the molecule is COc1ccc(C(N)=NN)c(C(C)C)c1. The van der Waals surface area contributed by atoms with Gasteiger partial charge in [0.1, 0.15) is 5.75 Å². The molecule has 0 atom stereocenters. The van der Waals surface area contributed by atoms with Gasteiger partial charge in [-0.1, -0.05) is 13.8 Å². The van der Waals surface area contributed by atoms with Crippen LogP contribution in [0.5, 0.6) is 5.75 Å². The van der Waals surface area contributed by atoms with Crippen LogP contribution in [-0.4, -0.2) is 12.9 Å². The first-order chi connectivity index (χ1) is 7.10. The average Bonchev–Trinajstić information content (AvgIpc) is 2.27. The number of rotatable bonds is 3. The van der Waals surface area contributed by atoms with Crippen molar-refractivity contribution in [2.24, 2.45) is 16.7 Å². The number of amidine groups is 1. The van der Waals surface area contributed by atoms with Crippen LogP contribution in [0.25, 0.3) is 0 Å². The van der Waals surface area contributed by atoms with Crippen molar-refractivity contribution in [3.8, 4) is 5.75 Å². The normalized spacial score (nSPS) is 11.9. The molecule has 0 unspecified atom stereocenters. The maximum absolute atomic E-state index is 5.71. The van der Waals surface area contributed by atoms with E-state index >= 15 is 0 Å². The maximum atomic E-state index is 5.71. The van der Waals surface area contributed by atoms with E-state index in [9.17, 15) is 0 Å². The molecule has 0 heterocycles. The van der Waals surface area contributed by atoms with Gasteiger partial charge in [-0.2, -0.15) is 5.10 Å². The number of hydrazone groups is 1. The lowest BCUT2D eigenvalue weighted by atomic mass is 9.96. The van der Waals surface area contributed by atoms with Crippen LogP contribution in [0.3, 0.4) is 0 Å². The fourth-order valence-corrected chi connectivity index (χ4v) is 1.45. The Hall–Kier alpha value is -1.71. The Morgan fingerprint density at radius 1 is 1.40 bits per heavy atom. The summed E-state index contributed by atoms with van der Waals surface area (Å²) < 4.78 is 5.16. The standard InChI is InChI=1S/C11H17N3O/c1-7(2)10-6-8(15-3)4-5-9(10)11(12)14-13/h4-7H,13H2,1-3H3,(H2,12,14). The van der Waals surface area contributed by atoms with Gasteiger partial charge in [0, 0.05) is 5.56 Å². The summed E-state index contributed by atoms with van der Waals surface area (Å²) in [7, 11) is 1.64. The second kappa shape index (κ2) is 4.68. The number of ether oxygens (including phenoxy) is 1. The van der Waals surface area contributed by atoms with Crippen LogP contribution in [0.4, 0.5) is 0 Å². The molecule has 82 valence electrons. The van der Waals surface area contributed by atoms with Gasteiger partial charge in [-0.15, -0.1) is 0 Å². The molecule has 0 aliphatic rings. The van der Waals surface area contributed by atoms with Gasteiger partial charge in [0.15, 0.2) is 5.84 Å². The average molecular weight is 207 g/mol. The van der Waals surface area contributed by atoms with Crippen molar-refractivity contribution in [1.82, 2.24) is 0 Å². The van der Waals surface area contributed by atoms with E-state index in [-0.39, 0.29) is 0 Å². The van der Waals surface area contributed by atoms with Gasteiger partial charge in [-0.05, 0) is 29.7 Å². The molecule has 0 aliphatic carbocycles. The summed E-state index contributed by atoms with van der Waals surface area (Å²) in [6.45, 7) is 4.17. The Morgan fingerprint density at radius 3 is 2.53 bits per heavy atom. The lowest BCUT2D eigenvalue weighted by Gasteiger charge is -2.13. The first-order valence-electron chi connectivity index (χ1n) is 4.81. The van der Waals surface area contributed by atoms with Crippen LogP contribution in [-0.2, 0) is 0 Å². The zero-order valence-electron chi connectivity index (χ0n) is 9.32. The summed E-state index contributed by atoms with van der Waals surface area (Å²) in [6.07, 6.45) is 0. The molecule has 0 aliphatic heterocycles. The molecule has 0 saturated carbocycles. The number of methoxy groups -OCH3 is 1. The Bertz CT molecular complexity index is 372. The molecule has 1 rings (SSSR count). The zero-order valence-corrected chi connectivity index (χ0v) is 9.32. The molecule has 4 nitrogen and oxygen atoms in total. The van der Waals surface area contributed by atoms with Crippen molar-refractivity contribution in [2.75, 3.05) is 7.11 Å². The Balaban J connectivity index is 3.27. The molecule has 0 bridgehead atoms. The van der Waals surface area contributed by atoms with E-state index in [4.69, 9.17) is 16.3 Å². The van der Waals surface area contributed by atoms with Gasteiger partial charge in [-0.25, -0.2) is 0 Å². The minimum atomic E-state index is 0.343.